The lowest BCUT2D eigenvalue weighted by atomic mass is 9.86. The average Bonchev–Trinajstić information content (AvgIpc) is 2.94. The van der Waals surface area contributed by atoms with Crippen LogP contribution in [0, 0.1) is 0 Å². The zero-order valence-corrected chi connectivity index (χ0v) is 13.4. The third-order valence-corrected chi connectivity index (χ3v) is 4.06. The van der Waals surface area contributed by atoms with Gasteiger partial charge in [0, 0.05) is 23.5 Å². The molecule has 0 spiro atoms. The van der Waals surface area contributed by atoms with E-state index in [9.17, 15) is 4.79 Å². The molecular weight excluding hydrogens is 272 g/mol. The van der Waals surface area contributed by atoms with E-state index in [1.165, 1.54) is 5.56 Å². The van der Waals surface area contributed by atoms with E-state index in [-0.39, 0.29) is 11.3 Å². The third-order valence-electron chi connectivity index (χ3n) is 4.06. The van der Waals surface area contributed by atoms with Gasteiger partial charge in [-0.1, -0.05) is 39.0 Å². The lowest BCUT2D eigenvalue weighted by molar-refractivity contribution is 0.102. The predicted molar refractivity (Wildman–Crippen MR) is 91.7 cm³/mol. The van der Waals surface area contributed by atoms with Crippen LogP contribution < -0.4 is 10.6 Å². The molecule has 2 N–H and O–H groups in total. The van der Waals surface area contributed by atoms with E-state index in [1.54, 1.807) is 0 Å². The van der Waals surface area contributed by atoms with Crippen LogP contribution in [0.15, 0.2) is 42.5 Å². The summed E-state index contributed by atoms with van der Waals surface area (Å²) >= 11 is 0. The molecule has 114 valence electrons. The van der Waals surface area contributed by atoms with Gasteiger partial charge in [-0.2, -0.15) is 0 Å². The predicted octanol–water partition coefficient (Wildman–Crippen LogP) is 4.20. The Balaban J connectivity index is 1.86. The minimum Gasteiger partial charge on any atom is -0.384 e. The van der Waals surface area contributed by atoms with Gasteiger partial charge in [0.2, 0.25) is 0 Å². The Bertz CT molecular complexity index is 714. The van der Waals surface area contributed by atoms with E-state index in [4.69, 9.17) is 0 Å². The summed E-state index contributed by atoms with van der Waals surface area (Å²) in [4.78, 5) is 12.6. The van der Waals surface area contributed by atoms with E-state index in [2.05, 4.69) is 37.5 Å². The molecule has 1 heterocycles. The number of nitrogens with one attached hydrogen (secondary N) is 2. The molecule has 1 aliphatic rings. The number of carbonyl (C=O) groups excluding carboxylic acids is 1. The molecule has 0 radical (unpaired) electrons. The maximum absolute atomic E-state index is 12.6. The Labute approximate surface area is 131 Å². The molecule has 0 bridgehead atoms. The monoisotopic (exact) mass is 294 g/mol. The van der Waals surface area contributed by atoms with Crippen molar-refractivity contribution in [1.29, 1.82) is 0 Å². The molecule has 3 nitrogen and oxygen atoms in total. The number of benzene rings is 2. The summed E-state index contributed by atoms with van der Waals surface area (Å²) in [5, 5.41) is 6.38. The van der Waals surface area contributed by atoms with Gasteiger partial charge in [-0.15, -0.1) is 0 Å². The number of anilines is 2. The van der Waals surface area contributed by atoms with Gasteiger partial charge in [-0.25, -0.2) is 0 Å². The summed E-state index contributed by atoms with van der Waals surface area (Å²) < 4.78 is 0. The van der Waals surface area contributed by atoms with Gasteiger partial charge >= 0.3 is 0 Å². The van der Waals surface area contributed by atoms with Crippen LogP contribution in [0.1, 0.15) is 42.3 Å². The molecule has 0 fully saturated rings. The van der Waals surface area contributed by atoms with Crippen LogP contribution in [-0.2, 0) is 11.8 Å². The summed E-state index contributed by atoms with van der Waals surface area (Å²) in [6.07, 6.45) is 0.981. The van der Waals surface area contributed by atoms with Gasteiger partial charge < -0.3 is 10.6 Å². The molecule has 22 heavy (non-hydrogen) atoms. The summed E-state index contributed by atoms with van der Waals surface area (Å²) in [6.45, 7) is 7.41. The van der Waals surface area contributed by atoms with Gasteiger partial charge in [0.15, 0.2) is 0 Å². The van der Waals surface area contributed by atoms with Crippen molar-refractivity contribution >= 4 is 17.3 Å². The molecule has 0 atom stereocenters. The fraction of sp³-hybridized carbons (Fsp3) is 0.316. The number of amides is 1. The maximum Gasteiger partial charge on any atom is 0.255 e. The maximum atomic E-state index is 12.6. The average molecular weight is 294 g/mol. The number of hydrogen-bond donors (Lipinski definition) is 2. The van der Waals surface area contributed by atoms with Crippen molar-refractivity contribution in [2.24, 2.45) is 0 Å². The molecule has 0 saturated carbocycles. The first-order valence-electron chi connectivity index (χ1n) is 7.73. The fourth-order valence-electron chi connectivity index (χ4n) is 2.89. The van der Waals surface area contributed by atoms with Gasteiger partial charge in [0.25, 0.3) is 5.91 Å². The summed E-state index contributed by atoms with van der Waals surface area (Å²) in [5.74, 6) is -0.0496. The first kappa shape index (κ1) is 14.6. The van der Waals surface area contributed by atoms with Gasteiger partial charge in [-0.3, -0.25) is 4.79 Å². The number of hydrogen-bond acceptors (Lipinski definition) is 2. The fourth-order valence-corrected chi connectivity index (χ4v) is 2.89. The first-order chi connectivity index (χ1) is 10.4. The Morgan fingerprint density at radius 1 is 1.14 bits per heavy atom. The van der Waals surface area contributed by atoms with Crippen LogP contribution in [0.4, 0.5) is 11.4 Å². The lowest BCUT2D eigenvalue weighted by Crippen LogP contribution is -2.18. The van der Waals surface area contributed by atoms with Crippen molar-refractivity contribution in [3.05, 3.63) is 59.2 Å². The summed E-state index contributed by atoms with van der Waals surface area (Å²) in [5.41, 5.74) is 5.10. The highest BCUT2D eigenvalue weighted by atomic mass is 16.1. The lowest BCUT2D eigenvalue weighted by Gasteiger charge is -2.23. The second kappa shape index (κ2) is 5.48. The molecule has 0 aromatic heterocycles. The van der Waals surface area contributed by atoms with Crippen molar-refractivity contribution in [2.45, 2.75) is 32.6 Å². The van der Waals surface area contributed by atoms with Crippen LogP contribution in [0.3, 0.4) is 0 Å². The van der Waals surface area contributed by atoms with Crippen LogP contribution in [0.25, 0.3) is 0 Å². The molecule has 2 aromatic carbocycles. The first-order valence-corrected chi connectivity index (χ1v) is 7.73. The molecule has 2 aromatic rings. The Morgan fingerprint density at radius 3 is 2.68 bits per heavy atom. The van der Waals surface area contributed by atoms with Crippen molar-refractivity contribution in [1.82, 2.24) is 0 Å². The standard InChI is InChI=1S/C19H22N2O/c1-19(2,3)15-6-4-5-7-17(15)21-18(22)14-8-9-16-13(12-14)10-11-20-16/h4-9,12,20H,10-11H2,1-3H3,(H,21,22). The normalized spacial score (nSPS) is 13.4. The minimum absolute atomic E-state index is 0.00821. The highest BCUT2D eigenvalue weighted by molar-refractivity contribution is 6.05. The Morgan fingerprint density at radius 2 is 1.91 bits per heavy atom. The van der Waals surface area contributed by atoms with Crippen molar-refractivity contribution < 1.29 is 4.79 Å². The quantitative estimate of drug-likeness (QED) is 0.871. The van der Waals surface area contributed by atoms with E-state index >= 15 is 0 Å². The van der Waals surface area contributed by atoms with Crippen LogP contribution in [-0.4, -0.2) is 12.5 Å². The molecule has 0 aliphatic carbocycles. The molecule has 3 rings (SSSR count). The van der Waals surface area contributed by atoms with E-state index in [1.807, 2.05) is 36.4 Å². The topological polar surface area (TPSA) is 41.1 Å². The van der Waals surface area contributed by atoms with Gasteiger partial charge in [0.1, 0.15) is 0 Å². The SMILES string of the molecule is CC(C)(C)c1ccccc1NC(=O)c1ccc2c(c1)CCN2. The van der Waals surface area contributed by atoms with E-state index in [0.717, 1.165) is 29.9 Å². The second-order valence-electron chi connectivity index (χ2n) is 6.80. The van der Waals surface area contributed by atoms with Crippen LogP contribution in [0.2, 0.25) is 0 Å². The smallest absolute Gasteiger partial charge is 0.255 e. The largest absolute Gasteiger partial charge is 0.384 e. The van der Waals surface area contributed by atoms with Crippen molar-refractivity contribution in [3.63, 3.8) is 0 Å². The summed E-state index contributed by atoms with van der Waals surface area (Å²) in [7, 11) is 0. The summed E-state index contributed by atoms with van der Waals surface area (Å²) in [6, 6.07) is 13.9. The van der Waals surface area contributed by atoms with Gasteiger partial charge in [0.05, 0.1) is 0 Å². The number of para-hydroxylation sites is 1. The van der Waals surface area contributed by atoms with E-state index in [0.29, 0.717) is 5.56 Å². The van der Waals surface area contributed by atoms with Crippen LogP contribution >= 0.6 is 0 Å². The van der Waals surface area contributed by atoms with Crippen LogP contribution in [0.5, 0.6) is 0 Å². The zero-order chi connectivity index (χ0) is 15.7. The Kier molecular flexibility index (Phi) is 3.65. The van der Waals surface area contributed by atoms with Crippen molar-refractivity contribution in [2.75, 3.05) is 17.2 Å². The van der Waals surface area contributed by atoms with Crippen molar-refractivity contribution in [3.8, 4) is 0 Å². The van der Waals surface area contributed by atoms with E-state index < -0.39 is 0 Å². The molecule has 0 saturated heterocycles. The number of carbonyl (C=O) groups is 1. The number of rotatable bonds is 2. The zero-order valence-electron chi connectivity index (χ0n) is 13.4. The Hall–Kier alpha value is -2.29. The van der Waals surface area contributed by atoms with Gasteiger partial charge in [-0.05, 0) is 47.2 Å². The highest BCUT2D eigenvalue weighted by Gasteiger charge is 2.19. The molecule has 0 unspecified atom stereocenters. The molecule has 3 heteroatoms. The highest BCUT2D eigenvalue weighted by Crippen LogP contribution is 2.30. The number of fused-ring (bicyclic) bond motifs is 1. The molecule has 1 aliphatic heterocycles. The molecular formula is C19H22N2O. The minimum atomic E-state index is -0.0496. The second-order valence-corrected chi connectivity index (χ2v) is 6.80. The third kappa shape index (κ3) is 2.84. The molecule has 1 amide bonds.